The predicted molar refractivity (Wildman–Crippen MR) is 112 cm³/mol. The topological polar surface area (TPSA) is 0 Å². The molecule has 138 valence electrons. The van der Waals surface area contributed by atoms with E-state index in [2.05, 4.69) is 110 Å². The molecule has 0 nitrogen and oxygen atoms in total. The van der Waals surface area contributed by atoms with E-state index in [1.165, 1.54) is 27.8 Å². The van der Waals surface area contributed by atoms with Gasteiger partial charge >= 0.3 is 0 Å². The Morgan fingerprint density at radius 2 is 1.22 bits per heavy atom. The Labute approximate surface area is 176 Å². The largest absolute Gasteiger partial charge is 0.231 e. The smallest absolute Gasteiger partial charge is 0 e. The Balaban J connectivity index is 0.00000210. The van der Waals surface area contributed by atoms with Gasteiger partial charge < -0.3 is 0 Å². The maximum absolute atomic E-state index is 2.35. The van der Waals surface area contributed by atoms with Crippen LogP contribution < -0.4 is 0 Å². The molecule has 1 aliphatic carbocycles. The van der Waals surface area contributed by atoms with E-state index in [0.29, 0.717) is 0 Å². The first kappa shape index (κ1) is 19.5. The van der Waals surface area contributed by atoms with Gasteiger partial charge in [-0.3, -0.25) is 0 Å². The standard InChI is InChI=1S/C26H23.Pt/c1-5-13-21(14-6-1)24-19-11-4-12-20-25(22-15-7-2-8-16-22)26(24)23-17-9-3-10-18-23;/h1-11,13-19,24H,12,20H2;/q-1;/b11-4-,26-25+;. The molecule has 0 aliphatic heterocycles. The Morgan fingerprint density at radius 1 is 0.667 bits per heavy atom. The van der Waals surface area contributed by atoms with E-state index in [4.69, 9.17) is 0 Å². The molecule has 3 aromatic rings. The fourth-order valence-electron chi connectivity index (χ4n) is 3.78. The molecule has 1 heteroatoms. The van der Waals surface area contributed by atoms with Gasteiger partial charge in [-0.25, -0.2) is 18.6 Å². The summed E-state index contributed by atoms with van der Waals surface area (Å²) in [6.07, 6.45) is 9.00. The molecule has 0 spiro atoms. The minimum absolute atomic E-state index is 0. The third kappa shape index (κ3) is 4.52. The zero-order valence-electron chi connectivity index (χ0n) is 15.2. The Kier molecular flexibility index (Phi) is 6.91. The molecule has 0 fully saturated rings. The molecule has 1 unspecified atom stereocenters. The van der Waals surface area contributed by atoms with E-state index in [9.17, 15) is 0 Å². The Morgan fingerprint density at radius 3 is 1.85 bits per heavy atom. The quantitative estimate of drug-likeness (QED) is 0.322. The summed E-state index contributed by atoms with van der Waals surface area (Å²) < 4.78 is 0. The number of allylic oxidation sites excluding steroid dienone is 4. The Hall–Kier alpha value is -2.30. The molecular formula is C26H23Pt-. The Bertz CT molecular complexity index is 893. The van der Waals surface area contributed by atoms with Gasteiger partial charge in [0.25, 0.3) is 0 Å². The summed E-state index contributed by atoms with van der Waals surface area (Å²) in [5.41, 5.74) is 6.85. The normalized spacial score (nSPS) is 20.5. The van der Waals surface area contributed by atoms with Gasteiger partial charge in [-0.05, 0) is 34.6 Å². The van der Waals surface area contributed by atoms with Gasteiger partial charge in [0.1, 0.15) is 0 Å². The molecule has 27 heavy (non-hydrogen) atoms. The van der Waals surface area contributed by atoms with Crippen LogP contribution in [0.2, 0.25) is 0 Å². The van der Waals surface area contributed by atoms with Crippen LogP contribution in [0.3, 0.4) is 0 Å². The van der Waals surface area contributed by atoms with Crippen molar-refractivity contribution in [2.24, 2.45) is 0 Å². The van der Waals surface area contributed by atoms with Gasteiger partial charge in [0.15, 0.2) is 0 Å². The SMILES string of the molecule is C1=C\CC/C(c2ccccc2)=C(/c2ccccc2)C(c2ccccc2)[CH-]/1.[Pt]. The van der Waals surface area contributed by atoms with E-state index in [0.717, 1.165) is 12.8 Å². The van der Waals surface area contributed by atoms with Crippen molar-refractivity contribution in [1.82, 2.24) is 0 Å². The summed E-state index contributed by atoms with van der Waals surface area (Å²) in [6, 6.07) is 32.6. The molecule has 3 aromatic carbocycles. The van der Waals surface area contributed by atoms with Crippen molar-refractivity contribution in [2.45, 2.75) is 18.8 Å². The molecule has 1 aliphatic rings. The minimum Gasteiger partial charge on any atom is -0.231 e. The van der Waals surface area contributed by atoms with Crippen molar-refractivity contribution in [3.63, 3.8) is 0 Å². The maximum Gasteiger partial charge on any atom is 0 e. The van der Waals surface area contributed by atoms with Crippen molar-refractivity contribution >= 4 is 11.1 Å². The van der Waals surface area contributed by atoms with Crippen LogP contribution in [0.4, 0.5) is 0 Å². The second-order valence-electron chi connectivity index (χ2n) is 6.67. The molecular weight excluding hydrogens is 507 g/mol. The summed E-state index contributed by atoms with van der Waals surface area (Å²) in [5.74, 6) is 0.255. The van der Waals surface area contributed by atoms with Gasteiger partial charge in [-0.2, -0.15) is 0 Å². The van der Waals surface area contributed by atoms with Crippen LogP contribution in [-0.2, 0) is 21.1 Å². The van der Waals surface area contributed by atoms with Gasteiger partial charge in [0.05, 0.1) is 0 Å². The molecule has 0 aromatic heterocycles. The maximum atomic E-state index is 2.35. The average molecular weight is 531 g/mol. The van der Waals surface area contributed by atoms with E-state index in [-0.39, 0.29) is 27.0 Å². The summed E-state index contributed by atoms with van der Waals surface area (Å²) in [7, 11) is 0. The summed E-state index contributed by atoms with van der Waals surface area (Å²) >= 11 is 0. The molecule has 1 atom stereocenters. The fraction of sp³-hybridized carbons (Fsp3) is 0.115. The van der Waals surface area contributed by atoms with Gasteiger partial charge in [-0.1, -0.05) is 103 Å². The van der Waals surface area contributed by atoms with E-state index in [1.54, 1.807) is 0 Å². The first-order valence-electron chi connectivity index (χ1n) is 9.32. The molecule has 0 amide bonds. The van der Waals surface area contributed by atoms with Crippen LogP contribution in [-0.4, -0.2) is 0 Å². The van der Waals surface area contributed by atoms with E-state index >= 15 is 0 Å². The molecule has 0 saturated carbocycles. The first-order chi connectivity index (χ1) is 12.9. The zero-order valence-corrected chi connectivity index (χ0v) is 17.5. The van der Waals surface area contributed by atoms with Crippen LogP contribution in [0.5, 0.6) is 0 Å². The second kappa shape index (κ2) is 9.58. The van der Waals surface area contributed by atoms with E-state index in [1.807, 2.05) is 0 Å². The summed E-state index contributed by atoms with van der Waals surface area (Å²) in [4.78, 5) is 0. The number of rotatable bonds is 3. The fourth-order valence-corrected chi connectivity index (χ4v) is 3.78. The monoisotopic (exact) mass is 530 g/mol. The third-order valence-corrected chi connectivity index (χ3v) is 5.00. The average Bonchev–Trinajstić information content (AvgIpc) is 2.70. The number of benzene rings is 3. The summed E-state index contributed by atoms with van der Waals surface area (Å²) in [5, 5.41) is 0. The van der Waals surface area contributed by atoms with Crippen LogP contribution >= 0.6 is 0 Å². The van der Waals surface area contributed by atoms with Gasteiger partial charge in [0.2, 0.25) is 0 Å². The van der Waals surface area contributed by atoms with E-state index < -0.39 is 0 Å². The van der Waals surface area contributed by atoms with Crippen LogP contribution in [0.1, 0.15) is 35.4 Å². The molecule has 0 N–H and O–H groups in total. The van der Waals surface area contributed by atoms with Crippen molar-refractivity contribution < 1.29 is 21.1 Å². The van der Waals surface area contributed by atoms with Crippen molar-refractivity contribution in [1.29, 1.82) is 0 Å². The molecule has 0 saturated heterocycles. The zero-order chi connectivity index (χ0) is 17.6. The van der Waals surface area contributed by atoms with Gasteiger partial charge in [0, 0.05) is 21.1 Å². The van der Waals surface area contributed by atoms with Crippen molar-refractivity contribution in [2.75, 3.05) is 0 Å². The molecule has 0 radical (unpaired) electrons. The second-order valence-corrected chi connectivity index (χ2v) is 6.67. The van der Waals surface area contributed by atoms with Crippen molar-refractivity contribution in [3.8, 4) is 0 Å². The molecule has 0 bridgehead atoms. The first-order valence-corrected chi connectivity index (χ1v) is 9.32. The summed E-state index contributed by atoms with van der Waals surface area (Å²) in [6.45, 7) is 0. The molecule has 0 heterocycles. The van der Waals surface area contributed by atoms with Crippen LogP contribution in [0.15, 0.2) is 103 Å². The van der Waals surface area contributed by atoms with Crippen molar-refractivity contribution in [3.05, 3.63) is 126 Å². The predicted octanol–water partition coefficient (Wildman–Crippen LogP) is 6.93. The van der Waals surface area contributed by atoms with Crippen LogP contribution in [0, 0.1) is 6.42 Å². The molecule has 4 rings (SSSR count). The van der Waals surface area contributed by atoms with Gasteiger partial charge in [-0.15, -0.1) is 0 Å². The number of hydrogen-bond acceptors (Lipinski definition) is 0. The minimum atomic E-state index is 0. The van der Waals surface area contributed by atoms with Crippen LogP contribution in [0.25, 0.3) is 11.1 Å². The number of hydrogen-bond donors (Lipinski definition) is 0. The third-order valence-electron chi connectivity index (χ3n) is 5.00.